The van der Waals surface area contributed by atoms with E-state index in [1.165, 1.54) is 11.1 Å². The van der Waals surface area contributed by atoms with Gasteiger partial charge in [-0.25, -0.2) is 9.78 Å². The Morgan fingerprint density at radius 2 is 1.84 bits per heavy atom. The number of aliphatic carboxylic acids is 1. The molecule has 0 aliphatic carbocycles. The zero-order valence-corrected chi connectivity index (χ0v) is 24.0. The number of imidazole rings is 1. The van der Waals surface area contributed by atoms with Gasteiger partial charge in [-0.05, 0) is 43.9 Å². The molecule has 2 unspecified atom stereocenters. The number of rotatable bonds is 10. The number of aromatic amines is 2. The summed E-state index contributed by atoms with van der Waals surface area (Å²) in [6.07, 6.45) is 4.36. The minimum absolute atomic E-state index is 0.190. The third kappa shape index (κ3) is 6.44. The van der Waals surface area contributed by atoms with Crippen molar-refractivity contribution in [2.45, 2.75) is 56.7 Å². The summed E-state index contributed by atoms with van der Waals surface area (Å²) in [7, 11) is 0. The number of nitrogens with zero attached hydrogens (tertiary/aromatic N) is 2. The van der Waals surface area contributed by atoms with Crippen LogP contribution < -0.4 is 16.4 Å². The van der Waals surface area contributed by atoms with Crippen molar-refractivity contribution in [1.82, 2.24) is 25.2 Å². The lowest BCUT2D eigenvalue weighted by Gasteiger charge is -2.26. The standard InChI is InChI=1S/C31H35N7O5/c1-31(2,32)30(43)35-22(15-19-16-33-21-12-7-6-11-20(19)21)27(39)37-24-17-34-26(36-24)25(18-9-4-3-5-10-18)28(40)38-14-8-13-23(38)29(41)42/h3-7,9-12,16-17,22-23,25,33H,8,13-15,32H2,1-2H3,(H,34,36)(H,35,43)(H,37,39)(H,41,42)/t22-,23?,25?/m1/s1. The predicted octanol–water partition coefficient (Wildman–Crippen LogP) is 2.50. The molecule has 43 heavy (non-hydrogen) atoms. The van der Waals surface area contributed by atoms with Crippen LogP contribution in [0.15, 0.2) is 67.0 Å². The fourth-order valence-corrected chi connectivity index (χ4v) is 5.36. The van der Waals surface area contributed by atoms with Crippen molar-refractivity contribution in [3.63, 3.8) is 0 Å². The molecular formula is C31H35N7O5. The molecule has 224 valence electrons. The third-order valence-corrected chi connectivity index (χ3v) is 7.63. The molecule has 3 atom stereocenters. The average molecular weight is 586 g/mol. The van der Waals surface area contributed by atoms with Gasteiger partial charge in [0.1, 0.15) is 29.6 Å². The van der Waals surface area contributed by atoms with Crippen LogP contribution in [0.2, 0.25) is 0 Å². The smallest absolute Gasteiger partial charge is 0.326 e. The summed E-state index contributed by atoms with van der Waals surface area (Å²) < 4.78 is 0. The molecule has 1 fully saturated rings. The number of nitrogens with two attached hydrogens (primary N) is 1. The van der Waals surface area contributed by atoms with Crippen LogP contribution in [0.3, 0.4) is 0 Å². The normalized spacial score (nSPS) is 16.5. The summed E-state index contributed by atoms with van der Waals surface area (Å²) in [6, 6.07) is 14.7. The molecule has 1 aliphatic rings. The van der Waals surface area contributed by atoms with Gasteiger partial charge in [-0.1, -0.05) is 48.5 Å². The van der Waals surface area contributed by atoms with Crippen molar-refractivity contribution in [1.29, 1.82) is 0 Å². The first-order valence-electron chi connectivity index (χ1n) is 14.1. The number of likely N-dealkylation sites (tertiary alicyclic amines) is 1. The van der Waals surface area contributed by atoms with Crippen LogP contribution in [0.5, 0.6) is 0 Å². The van der Waals surface area contributed by atoms with Crippen LogP contribution in [0, 0.1) is 0 Å². The topological polar surface area (TPSA) is 186 Å². The summed E-state index contributed by atoms with van der Waals surface area (Å²) in [5, 5.41) is 16.1. The maximum absolute atomic E-state index is 13.8. The van der Waals surface area contributed by atoms with Crippen LogP contribution in [-0.4, -0.2) is 72.8 Å². The predicted molar refractivity (Wildman–Crippen MR) is 160 cm³/mol. The Kier molecular flexibility index (Phi) is 8.31. The lowest BCUT2D eigenvalue weighted by molar-refractivity contribution is -0.148. The number of anilines is 1. The minimum Gasteiger partial charge on any atom is -0.480 e. The summed E-state index contributed by atoms with van der Waals surface area (Å²) in [4.78, 5) is 64.0. The summed E-state index contributed by atoms with van der Waals surface area (Å²) in [5.74, 6) is -2.88. The van der Waals surface area contributed by atoms with Gasteiger partial charge in [-0.2, -0.15) is 0 Å². The number of carbonyl (C=O) groups excluding carboxylic acids is 3. The molecule has 2 aromatic heterocycles. The molecule has 0 spiro atoms. The number of benzene rings is 2. The maximum atomic E-state index is 13.8. The number of carbonyl (C=O) groups is 4. The highest BCUT2D eigenvalue weighted by atomic mass is 16.4. The van der Waals surface area contributed by atoms with E-state index in [4.69, 9.17) is 5.73 Å². The Balaban J connectivity index is 1.40. The Morgan fingerprint density at radius 3 is 2.56 bits per heavy atom. The number of H-pyrrole nitrogens is 2. The maximum Gasteiger partial charge on any atom is 0.326 e. The quantitative estimate of drug-likeness (QED) is 0.165. The minimum atomic E-state index is -1.22. The zero-order chi connectivity index (χ0) is 30.7. The van der Waals surface area contributed by atoms with Gasteiger partial charge in [0.15, 0.2) is 0 Å². The Bertz CT molecular complexity index is 1640. The van der Waals surface area contributed by atoms with E-state index >= 15 is 0 Å². The molecule has 1 aliphatic heterocycles. The first kappa shape index (κ1) is 29.5. The average Bonchev–Trinajstić information content (AvgIpc) is 3.73. The van der Waals surface area contributed by atoms with Crippen LogP contribution in [0.25, 0.3) is 10.9 Å². The van der Waals surface area contributed by atoms with Crippen molar-refractivity contribution in [2.75, 3.05) is 11.9 Å². The van der Waals surface area contributed by atoms with E-state index in [0.29, 0.717) is 24.9 Å². The fraction of sp³-hybridized carbons (Fsp3) is 0.323. The van der Waals surface area contributed by atoms with Gasteiger partial charge in [0.05, 0.1) is 11.7 Å². The van der Waals surface area contributed by atoms with E-state index in [9.17, 15) is 24.3 Å². The van der Waals surface area contributed by atoms with Gasteiger partial charge in [-0.15, -0.1) is 0 Å². The molecule has 3 amide bonds. The van der Waals surface area contributed by atoms with Crippen LogP contribution >= 0.6 is 0 Å². The van der Waals surface area contributed by atoms with Crippen molar-refractivity contribution < 1.29 is 24.3 Å². The molecule has 0 bridgehead atoms. The third-order valence-electron chi connectivity index (χ3n) is 7.63. The second kappa shape index (κ2) is 12.1. The fourth-order valence-electron chi connectivity index (χ4n) is 5.36. The number of carboxylic acids is 1. The van der Waals surface area contributed by atoms with E-state index in [-0.39, 0.29) is 18.1 Å². The number of fused-ring (bicyclic) bond motifs is 1. The zero-order valence-electron chi connectivity index (χ0n) is 24.0. The van der Waals surface area contributed by atoms with Gasteiger partial charge in [0, 0.05) is 30.1 Å². The molecule has 12 heteroatoms. The van der Waals surface area contributed by atoms with Gasteiger partial charge in [-0.3, -0.25) is 14.4 Å². The van der Waals surface area contributed by atoms with Crippen molar-refractivity contribution in [3.8, 4) is 0 Å². The summed E-state index contributed by atoms with van der Waals surface area (Å²) in [6.45, 7) is 3.44. The highest BCUT2D eigenvalue weighted by Gasteiger charge is 2.39. The first-order valence-corrected chi connectivity index (χ1v) is 14.1. The lowest BCUT2D eigenvalue weighted by atomic mass is 9.96. The van der Waals surface area contributed by atoms with Crippen LogP contribution in [-0.2, 0) is 25.6 Å². The number of aromatic nitrogens is 3. The number of para-hydroxylation sites is 1. The van der Waals surface area contributed by atoms with E-state index in [1.54, 1.807) is 44.3 Å². The van der Waals surface area contributed by atoms with E-state index in [2.05, 4.69) is 25.6 Å². The molecule has 1 saturated heterocycles. The molecule has 3 heterocycles. The molecule has 2 aromatic carbocycles. The van der Waals surface area contributed by atoms with E-state index < -0.39 is 47.2 Å². The number of amides is 3. The second-order valence-electron chi connectivity index (χ2n) is 11.4. The van der Waals surface area contributed by atoms with Crippen molar-refractivity contribution in [2.24, 2.45) is 5.73 Å². The van der Waals surface area contributed by atoms with Crippen LogP contribution in [0.4, 0.5) is 5.82 Å². The van der Waals surface area contributed by atoms with Gasteiger partial charge >= 0.3 is 5.97 Å². The molecule has 5 rings (SSSR count). The largest absolute Gasteiger partial charge is 0.480 e. The lowest BCUT2D eigenvalue weighted by Crippen LogP contribution is -2.55. The van der Waals surface area contributed by atoms with Gasteiger partial charge in [0.25, 0.3) is 0 Å². The SMILES string of the molecule is CC(C)(N)C(=O)N[C@H](Cc1c[nH]c2ccccc12)C(=O)Nc1cnc(C(C(=O)N2CCCC2C(=O)O)c2ccccc2)[nH]1. The highest BCUT2D eigenvalue weighted by molar-refractivity contribution is 5.99. The number of hydrogen-bond acceptors (Lipinski definition) is 6. The monoisotopic (exact) mass is 585 g/mol. The summed E-state index contributed by atoms with van der Waals surface area (Å²) in [5.41, 5.74) is 7.16. The number of hydrogen-bond donors (Lipinski definition) is 6. The Morgan fingerprint density at radius 1 is 1.12 bits per heavy atom. The molecule has 0 radical (unpaired) electrons. The number of nitrogens with one attached hydrogen (secondary N) is 4. The molecule has 4 aromatic rings. The highest BCUT2D eigenvalue weighted by Crippen LogP contribution is 2.30. The number of carboxylic acid groups (broad SMARTS) is 1. The molecule has 0 saturated carbocycles. The second-order valence-corrected chi connectivity index (χ2v) is 11.4. The first-order chi connectivity index (χ1) is 20.5. The van der Waals surface area contributed by atoms with Crippen LogP contribution in [0.1, 0.15) is 49.6 Å². The Labute approximate surface area is 248 Å². The molecular weight excluding hydrogens is 550 g/mol. The Hall–Kier alpha value is -4.97. The molecule has 12 nitrogen and oxygen atoms in total. The molecule has 7 N–H and O–H groups in total. The van der Waals surface area contributed by atoms with E-state index in [0.717, 1.165) is 16.5 Å². The summed E-state index contributed by atoms with van der Waals surface area (Å²) >= 11 is 0. The van der Waals surface area contributed by atoms with E-state index in [1.807, 2.05) is 30.3 Å². The van der Waals surface area contributed by atoms with Crippen molar-refractivity contribution in [3.05, 3.63) is 83.9 Å². The van der Waals surface area contributed by atoms with Gasteiger partial charge < -0.3 is 36.3 Å². The van der Waals surface area contributed by atoms with Gasteiger partial charge in [0.2, 0.25) is 17.7 Å². The van der Waals surface area contributed by atoms with Crippen molar-refractivity contribution >= 4 is 40.4 Å².